The largest absolute Gasteiger partial charge is 0.334 e. The third kappa shape index (κ3) is 6.67. The standard InChI is InChI=1S/C19H19N5O2S2/c25-16(22-17(26)20-13-14-7-3-1-4-8-14)11-12-27-19-24-23-18(28-19)21-15-9-5-2-6-10-15/h1-10H,11-13H2,(H,21,23)(H2,20,22,25,26). The molecular weight excluding hydrogens is 394 g/mol. The normalized spacial score (nSPS) is 10.3. The highest BCUT2D eigenvalue weighted by Gasteiger charge is 2.09. The van der Waals surface area contributed by atoms with Crippen LogP contribution in [-0.2, 0) is 11.3 Å². The molecule has 3 N–H and O–H groups in total. The average molecular weight is 414 g/mol. The second-order valence-electron chi connectivity index (χ2n) is 5.68. The molecule has 1 aromatic heterocycles. The molecule has 0 fully saturated rings. The van der Waals surface area contributed by atoms with Crippen LogP contribution in [0.25, 0.3) is 0 Å². The summed E-state index contributed by atoms with van der Waals surface area (Å²) in [6, 6.07) is 18.7. The van der Waals surface area contributed by atoms with Gasteiger partial charge in [-0.3, -0.25) is 10.1 Å². The van der Waals surface area contributed by atoms with E-state index in [9.17, 15) is 9.59 Å². The molecule has 3 amide bonds. The van der Waals surface area contributed by atoms with E-state index in [1.54, 1.807) is 0 Å². The Bertz CT molecular complexity index is 903. The van der Waals surface area contributed by atoms with Crippen LogP contribution in [0.3, 0.4) is 0 Å². The summed E-state index contributed by atoms with van der Waals surface area (Å²) in [7, 11) is 0. The van der Waals surface area contributed by atoms with E-state index in [2.05, 4.69) is 26.1 Å². The summed E-state index contributed by atoms with van der Waals surface area (Å²) in [5, 5.41) is 17.0. The Hall–Kier alpha value is -2.91. The zero-order valence-electron chi connectivity index (χ0n) is 14.9. The Kier molecular flexibility index (Phi) is 7.39. The number of hydrogen-bond donors (Lipinski definition) is 3. The van der Waals surface area contributed by atoms with Crippen molar-refractivity contribution in [2.24, 2.45) is 0 Å². The molecule has 0 spiro atoms. The van der Waals surface area contributed by atoms with Gasteiger partial charge in [-0.2, -0.15) is 0 Å². The minimum Gasteiger partial charge on any atom is -0.334 e. The molecule has 2 aromatic carbocycles. The first-order valence-corrected chi connectivity index (χ1v) is 10.4. The van der Waals surface area contributed by atoms with Crippen molar-refractivity contribution in [1.82, 2.24) is 20.8 Å². The quantitative estimate of drug-likeness (QED) is 0.486. The van der Waals surface area contributed by atoms with Crippen molar-refractivity contribution in [3.63, 3.8) is 0 Å². The van der Waals surface area contributed by atoms with E-state index in [0.717, 1.165) is 15.6 Å². The summed E-state index contributed by atoms with van der Waals surface area (Å²) >= 11 is 2.85. The first kappa shape index (κ1) is 19.8. The molecule has 0 atom stereocenters. The lowest BCUT2D eigenvalue weighted by Crippen LogP contribution is -2.39. The number of thioether (sulfide) groups is 1. The molecule has 144 valence electrons. The molecule has 0 saturated carbocycles. The minimum absolute atomic E-state index is 0.213. The van der Waals surface area contributed by atoms with Crippen LogP contribution in [0, 0.1) is 0 Å². The van der Waals surface area contributed by atoms with E-state index in [4.69, 9.17) is 0 Å². The lowest BCUT2D eigenvalue weighted by atomic mass is 10.2. The van der Waals surface area contributed by atoms with Crippen molar-refractivity contribution in [3.8, 4) is 0 Å². The maximum Gasteiger partial charge on any atom is 0.321 e. The van der Waals surface area contributed by atoms with Crippen LogP contribution < -0.4 is 16.0 Å². The maximum atomic E-state index is 11.9. The van der Waals surface area contributed by atoms with Crippen molar-refractivity contribution in [1.29, 1.82) is 0 Å². The number of nitrogens with one attached hydrogen (secondary N) is 3. The number of amides is 3. The molecule has 0 aliphatic carbocycles. The van der Waals surface area contributed by atoms with Crippen molar-refractivity contribution < 1.29 is 9.59 Å². The lowest BCUT2D eigenvalue weighted by Gasteiger charge is -2.06. The Morgan fingerprint density at radius 1 is 0.964 bits per heavy atom. The van der Waals surface area contributed by atoms with E-state index < -0.39 is 6.03 Å². The van der Waals surface area contributed by atoms with Gasteiger partial charge in [-0.15, -0.1) is 10.2 Å². The van der Waals surface area contributed by atoms with E-state index in [-0.39, 0.29) is 12.3 Å². The number of urea groups is 1. The van der Waals surface area contributed by atoms with Crippen molar-refractivity contribution >= 4 is 45.9 Å². The van der Waals surface area contributed by atoms with Gasteiger partial charge in [0.05, 0.1) is 0 Å². The number of anilines is 2. The minimum atomic E-state index is -0.496. The summed E-state index contributed by atoms with van der Waals surface area (Å²) in [5.41, 5.74) is 1.91. The van der Waals surface area contributed by atoms with Gasteiger partial charge >= 0.3 is 6.03 Å². The zero-order valence-corrected chi connectivity index (χ0v) is 16.6. The molecule has 1 heterocycles. The fourth-order valence-corrected chi connectivity index (χ4v) is 3.99. The van der Waals surface area contributed by atoms with E-state index in [1.807, 2.05) is 60.7 Å². The van der Waals surface area contributed by atoms with Crippen molar-refractivity contribution in [2.75, 3.05) is 11.1 Å². The van der Waals surface area contributed by atoms with Gasteiger partial charge in [0.25, 0.3) is 0 Å². The fraction of sp³-hybridized carbons (Fsp3) is 0.158. The van der Waals surface area contributed by atoms with Gasteiger partial charge in [-0.25, -0.2) is 4.79 Å². The van der Waals surface area contributed by atoms with Crippen LogP contribution in [-0.4, -0.2) is 27.9 Å². The molecule has 9 heteroatoms. The molecule has 0 radical (unpaired) electrons. The van der Waals surface area contributed by atoms with E-state index >= 15 is 0 Å². The second kappa shape index (κ2) is 10.4. The predicted octanol–water partition coefficient (Wildman–Crippen LogP) is 3.79. The Balaban J connectivity index is 1.34. The predicted molar refractivity (Wildman–Crippen MR) is 112 cm³/mol. The average Bonchev–Trinajstić information content (AvgIpc) is 3.15. The van der Waals surface area contributed by atoms with Gasteiger partial charge < -0.3 is 10.6 Å². The van der Waals surface area contributed by atoms with Crippen LogP contribution in [0.15, 0.2) is 65.0 Å². The zero-order chi connectivity index (χ0) is 19.6. The number of carbonyl (C=O) groups is 2. The summed E-state index contributed by atoms with van der Waals surface area (Å²) in [6.07, 6.45) is 0.213. The molecular formula is C19H19N5O2S2. The number of rotatable bonds is 8. The van der Waals surface area contributed by atoms with Gasteiger partial charge in [-0.05, 0) is 17.7 Å². The van der Waals surface area contributed by atoms with Gasteiger partial charge in [0.15, 0.2) is 4.34 Å². The molecule has 0 aliphatic heterocycles. The Morgan fingerprint density at radius 3 is 2.43 bits per heavy atom. The van der Waals surface area contributed by atoms with Crippen LogP contribution >= 0.6 is 23.1 Å². The molecule has 3 rings (SSSR count). The SMILES string of the molecule is O=C(CCSc1nnc(Nc2ccccc2)s1)NC(=O)NCc1ccccc1. The highest BCUT2D eigenvalue weighted by Crippen LogP contribution is 2.27. The lowest BCUT2D eigenvalue weighted by molar-refractivity contribution is -0.119. The molecule has 0 unspecified atom stereocenters. The van der Waals surface area contributed by atoms with Gasteiger partial charge in [0.2, 0.25) is 11.0 Å². The number of hydrogen-bond acceptors (Lipinski definition) is 7. The Labute approximate surface area is 171 Å². The highest BCUT2D eigenvalue weighted by atomic mass is 32.2. The molecule has 0 saturated heterocycles. The summed E-state index contributed by atoms with van der Waals surface area (Å²) in [6.45, 7) is 0.372. The topological polar surface area (TPSA) is 96.0 Å². The first-order valence-electron chi connectivity index (χ1n) is 8.59. The number of carbonyl (C=O) groups excluding carboxylic acids is 2. The third-order valence-electron chi connectivity index (χ3n) is 3.54. The smallest absolute Gasteiger partial charge is 0.321 e. The number of aromatic nitrogens is 2. The van der Waals surface area contributed by atoms with Gasteiger partial charge in [-0.1, -0.05) is 71.6 Å². The number of nitrogens with zero attached hydrogens (tertiary/aromatic N) is 2. The fourth-order valence-electron chi connectivity index (χ4n) is 2.21. The monoisotopic (exact) mass is 413 g/mol. The second-order valence-corrected chi connectivity index (χ2v) is 8.00. The van der Waals surface area contributed by atoms with E-state index in [0.29, 0.717) is 17.4 Å². The van der Waals surface area contributed by atoms with Gasteiger partial charge in [0.1, 0.15) is 0 Å². The summed E-state index contributed by atoms with van der Waals surface area (Å²) in [4.78, 5) is 23.6. The van der Waals surface area contributed by atoms with Crippen molar-refractivity contribution in [3.05, 3.63) is 66.2 Å². The van der Waals surface area contributed by atoms with Crippen LogP contribution in [0.5, 0.6) is 0 Å². The Morgan fingerprint density at radius 2 is 1.68 bits per heavy atom. The highest BCUT2D eigenvalue weighted by molar-refractivity contribution is 8.01. The maximum absolute atomic E-state index is 11.9. The summed E-state index contributed by atoms with van der Waals surface area (Å²) < 4.78 is 0.764. The van der Waals surface area contributed by atoms with Crippen LogP contribution in [0.4, 0.5) is 15.6 Å². The van der Waals surface area contributed by atoms with Gasteiger partial charge in [0, 0.05) is 24.4 Å². The summed E-state index contributed by atoms with van der Waals surface area (Å²) in [5.74, 6) is 0.183. The van der Waals surface area contributed by atoms with Crippen molar-refractivity contribution in [2.45, 2.75) is 17.3 Å². The number of imide groups is 1. The molecule has 3 aromatic rings. The van der Waals surface area contributed by atoms with E-state index in [1.165, 1.54) is 23.1 Å². The van der Waals surface area contributed by atoms with Crippen LogP contribution in [0.2, 0.25) is 0 Å². The number of para-hydroxylation sites is 1. The number of benzene rings is 2. The third-order valence-corrected chi connectivity index (χ3v) is 5.51. The van der Waals surface area contributed by atoms with Crippen LogP contribution in [0.1, 0.15) is 12.0 Å². The molecule has 28 heavy (non-hydrogen) atoms. The first-order chi connectivity index (χ1) is 13.7. The molecule has 7 nitrogen and oxygen atoms in total. The molecule has 0 bridgehead atoms. The molecule has 0 aliphatic rings.